The van der Waals surface area contributed by atoms with Crippen LogP contribution >= 0.6 is 11.6 Å². The number of halogens is 1. The summed E-state index contributed by atoms with van der Waals surface area (Å²) >= 11 is 5.73. The lowest BCUT2D eigenvalue weighted by Gasteiger charge is -2.37. The van der Waals surface area contributed by atoms with Crippen LogP contribution < -0.4 is 4.74 Å². The van der Waals surface area contributed by atoms with E-state index in [4.69, 9.17) is 16.3 Å². The van der Waals surface area contributed by atoms with Crippen molar-refractivity contribution >= 4 is 27.3 Å². The first kappa shape index (κ1) is 16.6. The normalized spacial score (nSPS) is 15.7. The Morgan fingerprint density at radius 1 is 1.25 bits per heavy atom. The van der Waals surface area contributed by atoms with E-state index in [-0.39, 0.29) is 24.1 Å². The second-order valence-corrected chi connectivity index (χ2v) is 7.44. The molecule has 1 saturated heterocycles. The van der Waals surface area contributed by atoms with Crippen LogP contribution in [0, 0.1) is 10.1 Å². The van der Waals surface area contributed by atoms with Gasteiger partial charge < -0.3 is 4.74 Å². The lowest BCUT2D eigenvalue weighted by atomic mass is 10.2. The molecule has 2 aromatic rings. The topological polar surface area (TPSA) is 103 Å². The Kier molecular flexibility index (Phi) is 4.39. The molecule has 1 aliphatic heterocycles. The number of para-hydroxylation sites is 1. The zero-order valence-corrected chi connectivity index (χ0v) is 13.8. The number of nitro groups is 1. The van der Waals surface area contributed by atoms with E-state index in [0.29, 0.717) is 10.9 Å². The predicted molar refractivity (Wildman–Crippen MR) is 85.5 cm³/mol. The first-order valence-corrected chi connectivity index (χ1v) is 8.71. The molecule has 1 aliphatic rings. The van der Waals surface area contributed by atoms with Crippen molar-refractivity contribution in [1.29, 1.82) is 0 Å². The van der Waals surface area contributed by atoms with Gasteiger partial charge in [0.15, 0.2) is 4.90 Å². The summed E-state index contributed by atoms with van der Waals surface area (Å²) in [4.78, 5) is 13.9. The van der Waals surface area contributed by atoms with E-state index < -0.39 is 20.6 Å². The minimum atomic E-state index is -3.94. The smallest absolute Gasteiger partial charge is 0.289 e. The van der Waals surface area contributed by atoms with Crippen molar-refractivity contribution in [2.75, 3.05) is 13.1 Å². The van der Waals surface area contributed by atoms with E-state index in [1.807, 2.05) is 0 Å². The maximum atomic E-state index is 12.5. The highest BCUT2D eigenvalue weighted by atomic mass is 35.5. The van der Waals surface area contributed by atoms with Gasteiger partial charge in [-0.25, -0.2) is 13.4 Å². The van der Waals surface area contributed by atoms with Crippen LogP contribution in [0.1, 0.15) is 0 Å². The zero-order chi connectivity index (χ0) is 17.3. The summed E-state index contributed by atoms with van der Waals surface area (Å²) in [7, 11) is -3.94. The molecule has 0 atom stereocenters. The predicted octanol–water partition coefficient (Wildman–Crippen LogP) is 2.10. The van der Waals surface area contributed by atoms with Gasteiger partial charge >= 0.3 is 0 Å². The quantitative estimate of drug-likeness (QED) is 0.590. The summed E-state index contributed by atoms with van der Waals surface area (Å²) in [5, 5.41) is 11.5. The second-order valence-electron chi connectivity index (χ2n) is 5.10. The number of hydrogen-bond donors (Lipinski definition) is 0. The SMILES string of the molecule is O=[N+]([O-])c1ccccc1S(=O)(=O)N1CC(Oc2ccc(Cl)cn2)C1. The minimum Gasteiger partial charge on any atom is -0.472 e. The number of pyridine rings is 1. The van der Waals surface area contributed by atoms with Crippen molar-refractivity contribution in [2.45, 2.75) is 11.0 Å². The maximum absolute atomic E-state index is 12.5. The fourth-order valence-electron chi connectivity index (χ4n) is 2.24. The third kappa shape index (κ3) is 3.18. The van der Waals surface area contributed by atoms with E-state index >= 15 is 0 Å². The Balaban J connectivity index is 1.71. The van der Waals surface area contributed by atoms with Crippen molar-refractivity contribution in [3.63, 3.8) is 0 Å². The molecular formula is C14H12ClN3O5S. The molecule has 1 aromatic carbocycles. The third-order valence-electron chi connectivity index (χ3n) is 3.48. The zero-order valence-electron chi connectivity index (χ0n) is 12.2. The summed E-state index contributed by atoms with van der Waals surface area (Å²) in [6, 6.07) is 8.46. The first-order chi connectivity index (χ1) is 11.4. The molecule has 126 valence electrons. The number of nitro benzene ring substituents is 1. The Morgan fingerprint density at radius 3 is 2.58 bits per heavy atom. The van der Waals surface area contributed by atoms with Crippen LogP contribution in [0.5, 0.6) is 5.88 Å². The van der Waals surface area contributed by atoms with Gasteiger partial charge in [0.1, 0.15) is 6.10 Å². The molecule has 8 nitrogen and oxygen atoms in total. The molecule has 3 rings (SSSR count). The number of hydrogen-bond acceptors (Lipinski definition) is 6. The molecule has 0 radical (unpaired) electrons. The van der Waals surface area contributed by atoms with E-state index in [9.17, 15) is 18.5 Å². The van der Waals surface area contributed by atoms with Gasteiger partial charge in [0.25, 0.3) is 5.69 Å². The minimum absolute atomic E-state index is 0.0959. The summed E-state index contributed by atoms with van der Waals surface area (Å²) in [6.45, 7) is 0.192. The van der Waals surface area contributed by atoms with Gasteiger partial charge in [0.05, 0.1) is 23.0 Å². The van der Waals surface area contributed by atoms with Crippen LogP contribution in [0.2, 0.25) is 5.02 Å². The molecule has 1 aromatic heterocycles. The Hall–Kier alpha value is -2.23. The molecule has 0 N–H and O–H groups in total. The fourth-order valence-corrected chi connectivity index (χ4v) is 4.01. The molecule has 0 saturated carbocycles. The fraction of sp³-hybridized carbons (Fsp3) is 0.214. The van der Waals surface area contributed by atoms with Crippen LogP contribution in [0.15, 0.2) is 47.5 Å². The van der Waals surface area contributed by atoms with Crippen LogP contribution in [0.25, 0.3) is 0 Å². The van der Waals surface area contributed by atoms with E-state index in [2.05, 4.69) is 4.98 Å². The van der Waals surface area contributed by atoms with Crippen LogP contribution in [-0.4, -0.2) is 41.8 Å². The average Bonchev–Trinajstić information content (AvgIpc) is 2.52. The highest BCUT2D eigenvalue weighted by Gasteiger charge is 2.41. The molecule has 24 heavy (non-hydrogen) atoms. The number of nitrogens with zero attached hydrogens (tertiary/aromatic N) is 3. The van der Waals surface area contributed by atoms with Gasteiger partial charge in [0, 0.05) is 18.3 Å². The van der Waals surface area contributed by atoms with Crippen molar-refractivity contribution in [1.82, 2.24) is 9.29 Å². The second kappa shape index (κ2) is 6.34. The van der Waals surface area contributed by atoms with Crippen LogP contribution in [-0.2, 0) is 10.0 Å². The van der Waals surface area contributed by atoms with Crippen LogP contribution in [0.3, 0.4) is 0 Å². The number of sulfonamides is 1. The van der Waals surface area contributed by atoms with Crippen molar-refractivity contribution in [2.24, 2.45) is 0 Å². The molecule has 0 amide bonds. The van der Waals surface area contributed by atoms with Gasteiger partial charge in [-0.2, -0.15) is 4.31 Å². The molecule has 2 heterocycles. The van der Waals surface area contributed by atoms with E-state index in [1.165, 1.54) is 24.4 Å². The largest absolute Gasteiger partial charge is 0.472 e. The number of aromatic nitrogens is 1. The monoisotopic (exact) mass is 369 g/mol. The van der Waals surface area contributed by atoms with Gasteiger partial charge in [0.2, 0.25) is 15.9 Å². The number of rotatable bonds is 5. The lowest BCUT2D eigenvalue weighted by Crippen LogP contribution is -2.56. The molecule has 0 unspecified atom stereocenters. The number of benzene rings is 1. The van der Waals surface area contributed by atoms with Gasteiger partial charge in [-0.05, 0) is 12.1 Å². The summed E-state index contributed by atoms with van der Waals surface area (Å²) in [5.74, 6) is 0.340. The first-order valence-electron chi connectivity index (χ1n) is 6.90. The summed E-state index contributed by atoms with van der Waals surface area (Å²) in [5.41, 5.74) is -0.443. The third-order valence-corrected chi connectivity index (χ3v) is 5.58. The standard InChI is InChI=1S/C14H12ClN3O5S/c15-10-5-6-14(16-7-10)23-11-8-17(9-11)24(21,22)13-4-2-1-3-12(13)18(19)20/h1-7,11H,8-9H2. The highest BCUT2D eigenvalue weighted by Crippen LogP contribution is 2.30. The van der Waals surface area contributed by atoms with E-state index in [1.54, 1.807) is 12.1 Å². The molecule has 10 heteroatoms. The maximum Gasteiger partial charge on any atom is 0.289 e. The van der Waals surface area contributed by atoms with Gasteiger partial charge in [-0.15, -0.1) is 0 Å². The molecule has 1 fully saturated rings. The van der Waals surface area contributed by atoms with Crippen LogP contribution in [0.4, 0.5) is 5.69 Å². The molecule has 0 spiro atoms. The van der Waals surface area contributed by atoms with Crippen molar-refractivity contribution in [3.8, 4) is 5.88 Å². The Bertz CT molecular complexity index is 866. The summed E-state index contributed by atoms with van der Waals surface area (Å²) in [6.07, 6.45) is 1.06. The highest BCUT2D eigenvalue weighted by molar-refractivity contribution is 7.89. The molecule has 0 bridgehead atoms. The molecule has 0 aliphatic carbocycles. The number of ether oxygens (including phenoxy) is 1. The average molecular weight is 370 g/mol. The summed E-state index contributed by atoms with van der Waals surface area (Å²) < 4.78 is 31.7. The van der Waals surface area contributed by atoms with Crippen molar-refractivity contribution < 1.29 is 18.1 Å². The van der Waals surface area contributed by atoms with Gasteiger partial charge in [-0.3, -0.25) is 10.1 Å². The van der Waals surface area contributed by atoms with Gasteiger partial charge in [-0.1, -0.05) is 23.7 Å². The Morgan fingerprint density at radius 2 is 1.96 bits per heavy atom. The van der Waals surface area contributed by atoms with Crippen molar-refractivity contribution in [3.05, 3.63) is 57.7 Å². The molecular weight excluding hydrogens is 358 g/mol. The lowest BCUT2D eigenvalue weighted by molar-refractivity contribution is -0.387. The Labute approximate surface area is 142 Å². The van der Waals surface area contributed by atoms with E-state index in [0.717, 1.165) is 10.4 Å².